The molecule has 0 heterocycles. The van der Waals surface area contributed by atoms with Gasteiger partial charge in [0, 0.05) is 18.8 Å². The largest absolute Gasteiger partial charge is 0.478 e. The number of anilines is 1. The summed E-state index contributed by atoms with van der Waals surface area (Å²) in [5.74, 6) is -0.920. The van der Waals surface area contributed by atoms with Gasteiger partial charge in [-0.15, -0.1) is 0 Å². The first kappa shape index (κ1) is 28.7. The summed E-state index contributed by atoms with van der Waals surface area (Å²) in [6.45, 7) is 7.95. The van der Waals surface area contributed by atoms with Crippen LogP contribution in [0.3, 0.4) is 0 Å². The Kier molecular flexibility index (Phi) is 11.4. The van der Waals surface area contributed by atoms with Crippen molar-refractivity contribution in [2.75, 3.05) is 25.0 Å². The molecule has 2 N–H and O–H groups in total. The summed E-state index contributed by atoms with van der Waals surface area (Å²) in [6, 6.07) is 13.2. The van der Waals surface area contributed by atoms with Crippen molar-refractivity contribution in [1.29, 1.82) is 0 Å². The average Bonchev–Trinajstić information content (AvgIpc) is 2.88. The van der Waals surface area contributed by atoms with Gasteiger partial charge in [-0.1, -0.05) is 56.2 Å². The highest BCUT2D eigenvalue weighted by Crippen LogP contribution is 2.25. The van der Waals surface area contributed by atoms with E-state index in [0.717, 1.165) is 61.8 Å². The van der Waals surface area contributed by atoms with Crippen LogP contribution in [0.25, 0.3) is 0 Å². The van der Waals surface area contributed by atoms with Crippen molar-refractivity contribution < 1.29 is 24.2 Å². The molecule has 37 heavy (non-hydrogen) atoms. The van der Waals surface area contributed by atoms with Crippen molar-refractivity contribution in [3.63, 3.8) is 0 Å². The topological polar surface area (TPSA) is 88.1 Å². The van der Waals surface area contributed by atoms with Crippen molar-refractivity contribution in [2.24, 2.45) is 0 Å². The van der Waals surface area contributed by atoms with Crippen molar-refractivity contribution >= 4 is 17.7 Å². The lowest BCUT2D eigenvalue weighted by Crippen LogP contribution is -2.39. The molecular formula is C30H42N2O5. The molecule has 7 heteroatoms. The molecule has 1 saturated carbocycles. The first-order chi connectivity index (χ1) is 17.9. The number of carboxylic acid groups (broad SMARTS) is 1. The number of nitrogens with zero attached hydrogens (tertiary/aromatic N) is 1. The third-order valence-electron chi connectivity index (χ3n) is 7.05. The van der Waals surface area contributed by atoms with E-state index in [9.17, 15) is 14.7 Å². The van der Waals surface area contributed by atoms with Gasteiger partial charge in [-0.25, -0.2) is 9.59 Å². The highest BCUT2D eigenvalue weighted by molar-refractivity contribution is 5.91. The lowest BCUT2D eigenvalue weighted by Gasteiger charge is -2.30. The van der Waals surface area contributed by atoms with E-state index in [1.807, 2.05) is 61.2 Å². The summed E-state index contributed by atoms with van der Waals surface area (Å²) in [5.41, 5.74) is 3.65. The molecule has 7 nitrogen and oxygen atoms in total. The van der Waals surface area contributed by atoms with Crippen LogP contribution in [0.15, 0.2) is 42.5 Å². The highest BCUT2D eigenvalue weighted by atomic mass is 16.5. The van der Waals surface area contributed by atoms with Crippen LogP contribution < -0.4 is 5.32 Å². The third-order valence-corrected chi connectivity index (χ3v) is 7.05. The predicted octanol–water partition coefficient (Wildman–Crippen LogP) is 6.57. The number of hydrogen-bond donors (Lipinski definition) is 2. The molecule has 3 rings (SSSR count). The number of aryl methyl sites for hydroxylation is 2. The zero-order chi connectivity index (χ0) is 26.6. The first-order valence-electron chi connectivity index (χ1n) is 13.6. The summed E-state index contributed by atoms with van der Waals surface area (Å²) >= 11 is 0. The van der Waals surface area contributed by atoms with Crippen LogP contribution in [-0.2, 0) is 16.1 Å². The monoisotopic (exact) mass is 510 g/mol. The summed E-state index contributed by atoms with van der Waals surface area (Å²) in [7, 11) is 0. The van der Waals surface area contributed by atoms with Gasteiger partial charge in [0.25, 0.3) is 0 Å². The molecule has 0 saturated heterocycles. The number of benzene rings is 2. The van der Waals surface area contributed by atoms with Gasteiger partial charge in [0.1, 0.15) is 0 Å². The maximum Gasteiger partial charge on any atom is 0.336 e. The molecule has 2 aromatic rings. The van der Waals surface area contributed by atoms with Gasteiger partial charge >= 0.3 is 12.0 Å². The van der Waals surface area contributed by atoms with E-state index < -0.39 is 5.97 Å². The molecular weight excluding hydrogens is 468 g/mol. The Morgan fingerprint density at radius 3 is 2.43 bits per heavy atom. The van der Waals surface area contributed by atoms with Crippen molar-refractivity contribution in [3.8, 4) is 0 Å². The molecule has 2 atom stereocenters. The zero-order valence-electron chi connectivity index (χ0n) is 22.5. The Morgan fingerprint density at radius 2 is 1.70 bits per heavy atom. The van der Waals surface area contributed by atoms with Gasteiger partial charge in [-0.3, -0.25) is 0 Å². The number of hydrogen-bond acceptors (Lipinski definition) is 4. The molecule has 0 spiro atoms. The fraction of sp³-hybridized carbons (Fsp3) is 0.533. The fourth-order valence-corrected chi connectivity index (χ4v) is 4.87. The lowest BCUT2D eigenvalue weighted by molar-refractivity contribution is -0.0523. The second-order valence-electron chi connectivity index (χ2n) is 9.95. The SMILES string of the molecule is CCCCCN(CCO[C@H]1CCC[C@@H](OCc2cccc(C)c2C(=O)O)C1)C(=O)Nc1ccccc1C. The molecule has 0 aromatic heterocycles. The first-order valence-corrected chi connectivity index (χ1v) is 13.6. The van der Waals surface area contributed by atoms with Crippen LogP contribution >= 0.6 is 0 Å². The number of nitrogens with one attached hydrogen (secondary N) is 1. The minimum atomic E-state index is -0.920. The molecule has 2 amide bonds. The number of para-hydroxylation sites is 1. The van der Waals surface area contributed by atoms with E-state index >= 15 is 0 Å². The minimum absolute atomic E-state index is 0.0333. The average molecular weight is 511 g/mol. The van der Waals surface area contributed by atoms with Crippen LogP contribution in [0, 0.1) is 13.8 Å². The zero-order valence-corrected chi connectivity index (χ0v) is 22.5. The maximum absolute atomic E-state index is 13.0. The Morgan fingerprint density at radius 1 is 0.973 bits per heavy atom. The molecule has 0 unspecified atom stereocenters. The maximum atomic E-state index is 13.0. The van der Waals surface area contributed by atoms with E-state index in [1.54, 1.807) is 0 Å². The van der Waals surface area contributed by atoms with Gasteiger partial charge in [-0.2, -0.15) is 0 Å². The Hall–Kier alpha value is -2.90. The van der Waals surface area contributed by atoms with Gasteiger partial charge in [-0.05, 0) is 68.7 Å². The second kappa shape index (κ2) is 14.7. The summed E-state index contributed by atoms with van der Waals surface area (Å²) in [4.78, 5) is 26.5. The molecule has 0 bridgehead atoms. The molecule has 1 aliphatic rings. The van der Waals surface area contributed by atoms with Crippen LogP contribution in [0.4, 0.5) is 10.5 Å². The number of amides is 2. The smallest absolute Gasteiger partial charge is 0.336 e. The normalized spacial score (nSPS) is 17.4. The van der Waals surface area contributed by atoms with E-state index in [-0.39, 0.29) is 24.8 Å². The number of carboxylic acids is 1. The second-order valence-corrected chi connectivity index (χ2v) is 9.95. The molecule has 0 aliphatic heterocycles. The molecule has 1 aliphatic carbocycles. The van der Waals surface area contributed by atoms with E-state index in [2.05, 4.69) is 12.2 Å². The van der Waals surface area contributed by atoms with Crippen molar-refractivity contribution in [1.82, 2.24) is 4.90 Å². The Bertz CT molecular complexity index is 1020. The number of carbonyl (C=O) groups excluding carboxylic acids is 1. The van der Waals surface area contributed by atoms with Gasteiger partial charge in [0.15, 0.2) is 0 Å². The Labute approximate surface area is 221 Å². The number of unbranched alkanes of at least 4 members (excludes halogenated alkanes) is 2. The number of rotatable bonds is 13. The van der Waals surface area contributed by atoms with E-state index in [4.69, 9.17) is 9.47 Å². The number of urea groups is 1. The van der Waals surface area contributed by atoms with Crippen LogP contribution in [0.5, 0.6) is 0 Å². The number of ether oxygens (including phenoxy) is 2. The Balaban J connectivity index is 1.49. The van der Waals surface area contributed by atoms with Gasteiger partial charge in [0.05, 0.1) is 31.0 Å². The summed E-state index contributed by atoms with van der Waals surface area (Å²) < 4.78 is 12.3. The summed E-state index contributed by atoms with van der Waals surface area (Å²) in [5, 5.41) is 12.6. The molecule has 1 fully saturated rings. The molecule has 0 radical (unpaired) electrons. The van der Waals surface area contributed by atoms with Crippen LogP contribution in [0.1, 0.15) is 78.9 Å². The standard InChI is InChI=1S/C30H42N2O5/c1-4-5-8-17-32(30(35)31-27-16-7-6-11-22(27)2)18-19-36-25-14-10-15-26(20-25)37-21-24-13-9-12-23(3)28(24)29(33)34/h6-7,9,11-13,16,25-26H,4-5,8,10,14-15,17-21H2,1-3H3,(H,31,35)(H,33,34)/t25-,26+/m0/s1. The van der Waals surface area contributed by atoms with Gasteiger partial charge in [0.2, 0.25) is 0 Å². The summed E-state index contributed by atoms with van der Waals surface area (Å²) in [6.07, 6.45) is 6.95. The van der Waals surface area contributed by atoms with Crippen molar-refractivity contribution in [2.45, 2.75) is 84.5 Å². The minimum Gasteiger partial charge on any atom is -0.478 e. The molecule has 2 aromatic carbocycles. The van der Waals surface area contributed by atoms with E-state index in [1.165, 1.54) is 0 Å². The third kappa shape index (κ3) is 8.86. The molecule has 202 valence electrons. The van der Waals surface area contributed by atoms with Crippen LogP contribution in [0.2, 0.25) is 0 Å². The number of carbonyl (C=O) groups is 2. The lowest BCUT2D eigenvalue weighted by atomic mass is 9.94. The van der Waals surface area contributed by atoms with Gasteiger partial charge < -0.3 is 24.8 Å². The highest BCUT2D eigenvalue weighted by Gasteiger charge is 2.24. The quantitative estimate of drug-likeness (QED) is 0.298. The van der Waals surface area contributed by atoms with E-state index in [0.29, 0.717) is 30.8 Å². The number of aromatic carboxylic acids is 1. The fourth-order valence-electron chi connectivity index (χ4n) is 4.87. The van der Waals surface area contributed by atoms with Crippen molar-refractivity contribution in [3.05, 3.63) is 64.7 Å². The van der Waals surface area contributed by atoms with Crippen LogP contribution in [-0.4, -0.2) is 53.9 Å². The predicted molar refractivity (Wildman–Crippen MR) is 146 cm³/mol.